The van der Waals surface area contributed by atoms with Crippen LogP contribution in [0.2, 0.25) is 0 Å². The fourth-order valence-corrected chi connectivity index (χ4v) is 15.7. The van der Waals surface area contributed by atoms with Crippen LogP contribution in [-0.2, 0) is 51.0 Å². The molecular weight excluding hydrogens is 1280 g/mol. The molecular formula is C72H100N10O17+2. The van der Waals surface area contributed by atoms with E-state index in [0.29, 0.717) is 0 Å². The number of aliphatic hydroxyl groups excluding tert-OH is 7. The minimum Gasteiger partial charge on any atom is -0.497 e. The first-order chi connectivity index (χ1) is 47.6. The third-order valence-corrected chi connectivity index (χ3v) is 21.4. The lowest BCUT2D eigenvalue weighted by Gasteiger charge is -2.48. The Hall–Kier alpha value is -5.94. The number of rotatable bonds is 19. The van der Waals surface area contributed by atoms with E-state index in [0.717, 1.165) is 60.5 Å². The van der Waals surface area contributed by atoms with E-state index < -0.39 is 129 Å². The zero-order valence-corrected chi connectivity index (χ0v) is 57.1. The Morgan fingerprint density at radius 3 is 1.58 bits per heavy atom. The molecule has 19 atom stereocenters. The van der Waals surface area contributed by atoms with Crippen molar-refractivity contribution in [1.82, 2.24) is 19.8 Å². The van der Waals surface area contributed by atoms with Crippen molar-refractivity contribution in [2.45, 2.75) is 189 Å². The van der Waals surface area contributed by atoms with E-state index in [-0.39, 0.29) is 6.54 Å². The molecule has 6 fully saturated rings. The van der Waals surface area contributed by atoms with Gasteiger partial charge >= 0.3 is 0 Å². The van der Waals surface area contributed by atoms with Crippen LogP contribution in [0.3, 0.4) is 0 Å². The number of nitrogens with two attached hydrogens (primary N) is 4. The van der Waals surface area contributed by atoms with Crippen LogP contribution in [0.1, 0.15) is 53.4 Å². The average molecular weight is 1380 g/mol. The van der Waals surface area contributed by atoms with Gasteiger partial charge in [-0.2, -0.15) is 0 Å². The molecule has 0 spiro atoms. The number of hydrogen-bond acceptors (Lipinski definition) is 23. The van der Waals surface area contributed by atoms with Gasteiger partial charge in [0.2, 0.25) is 0 Å². The summed E-state index contributed by atoms with van der Waals surface area (Å²) in [6.45, 7) is 14.6. The van der Waals surface area contributed by atoms with Crippen molar-refractivity contribution in [2.24, 2.45) is 34.8 Å². The lowest BCUT2D eigenvalue weighted by atomic mass is 9.79. The predicted octanol–water partition coefficient (Wildman–Crippen LogP) is 1.54. The first-order valence-electron chi connectivity index (χ1n) is 34.9. The van der Waals surface area contributed by atoms with Gasteiger partial charge in [-0.25, -0.2) is 9.13 Å². The summed E-state index contributed by atoms with van der Waals surface area (Å²) in [6.07, 6.45) is -7.55. The maximum atomic E-state index is 11.3. The van der Waals surface area contributed by atoms with Gasteiger partial charge in [0.1, 0.15) is 84.9 Å². The second-order valence-corrected chi connectivity index (χ2v) is 28.1. The third kappa shape index (κ3) is 14.6. The van der Waals surface area contributed by atoms with E-state index in [1.807, 2.05) is 12.1 Å². The van der Waals surface area contributed by atoms with E-state index in [4.69, 9.17) is 70.3 Å². The number of nitrogens with one attached hydrogen (secondary N) is 2. The van der Waals surface area contributed by atoms with Crippen molar-refractivity contribution in [3.05, 3.63) is 97.6 Å². The minimum atomic E-state index is -1.74. The lowest BCUT2D eigenvalue weighted by molar-refractivity contribution is -0.695. The summed E-state index contributed by atoms with van der Waals surface area (Å²) in [6, 6.07) is 23.5. The van der Waals surface area contributed by atoms with Crippen LogP contribution in [0.4, 0.5) is 0 Å². The van der Waals surface area contributed by atoms with Crippen LogP contribution in [0.25, 0.3) is 65.2 Å². The predicted molar refractivity (Wildman–Crippen MR) is 367 cm³/mol. The molecule has 0 aliphatic carbocycles. The average Bonchev–Trinajstić information content (AvgIpc) is 1.64. The Morgan fingerprint density at radius 1 is 0.576 bits per heavy atom. The zero-order chi connectivity index (χ0) is 69.7. The standard InChI is InChI=1S/C46H48N6O2.C26H50N4O15/c1-53-35-5-9-41-37(27-35)45-39-29-51(21-15-33(39)3-7-43(45)47-41)25-23-49-17-11-31(12-18-49)32-13-19-50(20-14-32)24-26-52-22-16-34-4-8-44-46(40(34)30-52)38-28-36(54-2)6-10-42(38)48-44;1-7(2)44-26(4)21(37)16(35)12(29)24(45-26)41-18-10(6-31)40-25(17(18)36)42-19-13(32)8(3)38-22(30)20(19)43-23-11(28)15(34)14(33)9(5-27)39-23/h3-10,15-16,21-22,27-32H,11-14,17-20,23-26H2,1-2H3;7-25,31-37H,5-6,27-30H2,1-4H3/p+2/t;8-,9?,10+,11?,12?,13?,14+,15+,16?,17?,18-,19+,20-,21-,22?,23+,24-,25-,26+/m.0/s1. The smallest absolute Gasteiger partial charge is 0.197 e. The van der Waals surface area contributed by atoms with Gasteiger partial charge in [0.25, 0.3) is 0 Å². The van der Waals surface area contributed by atoms with Gasteiger partial charge in [0.15, 0.2) is 62.5 Å². The van der Waals surface area contributed by atoms with Crippen molar-refractivity contribution in [3.8, 4) is 11.5 Å². The molecule has 0 amide bonds. The SMILES string of the molecule is CC(C)O[C@]1(C)O[C@H](O[C@@H]2C(O)[C@H](O[C@@H]3C(O)[C@H](C)OC(N)[C@H]3O[C@H]3OC(CN)[C@@H](O)[C@H](O)C3N)O[C@@H]2CO)C(N)C(O)[C@@H]1O.COc1ccc2[nH]c3ccc4cc[n+](CCN5CCC(C6CCN(CC[n+]7ccc8ccc9[nH]c%10ccc(OC)cc%10c9c8c7)CC6)CC5)cc4c3c2c1. The number of aromatic amines is 2. The summed E-state index contributed by atoms with van der Waals surface area (Å²) in [5.41, 5.74) is 28.6. The van der Waals surface area contributed by atoms with E-state index >= 15 is 0 Å². The zero-order valence-electron chi connectivity index (χ0n) is 57.1. The molecule has 0 bridgehead atoms. The number of H-pyrrole nitrogens is 2. The molecule has 4 aromatic carbocycles. The molecule has 6 aliphatic heterocycles. The lowest BCUT2D eigenvalue weighted by Crippen LogP contribution is -2.68. The summed E-state index contributed by atoms with van der Waals surface area (Å²) in [7, 11) is 3.48. The van der Waals surface area contributed by atoms with Gasteiger partial charge in [-0.05, 0) is 151 Å². The molecule has 6 aliphatic rings. The quantitative estimate of drug-likeness (QED) is 0.0511. The fraction of sp³-hybridized carbons (Fsp3) is 0.583. The second-order valence-electron chi connectivity index (χ2n) is 28.1. The van der Waals surface area contributed by atoms with Crippen LogP contribution < -0.4 is 41.5 Å². The summed E-state index contributed by atoms with van der Waals surface area (Å²) >= 11 is 0. The van der Waals surface area contributed by atoms with Crippen molar-refractivity contribution in [2.75, 3.05) is 66.6 Å². The number of benzene rings is 4. The number of piperidine rings is 2. The van der Waals surface area contributed by atoms with E-state index in [1.54, 1.807) is 28.1 Å². The molecule has 0 saturated carbocycles. The Morgan fingerprint density at radius 2 is 1.07 bits per heavy atom. The summed E-state index contributed by atoms with van der Waals surface area (Å²) in [5.74, 6) is 1.79. The van der Waals surface area contributed by atoms with Gasteiger partial charge in [-0.3, -0.25) is 9.80 Å². The molecule has 10 heterocycles. The monoisotopic (exact) mass is 1380 g/mol. The van der Waals surface area contributed by atoms with Crippen LogP contribution in [0.15, 0.2) is 97.6 Å². The molecule has 27 nitrogen and oxygen atoms in total. The maximum absolute atomic E-state index is 11.3. The number of methoxy groups -OCH3 is 2. The van der Waals surface area contributed by atoms with E-state index in [1.165, 1.54) is 120 Å². The molecule has 27 heteroatoms. The first-order valence-corrected chi connectivity index (χ1v) is 34.9. The topological polar surface area (TPSA) is 384 Å². The summed E-state index contributed by atoms with van der Waals surface area (Å²) in [4.78, 5) is 12.6. The number of nitrogens with zero attached hydrogens (tertiary/aromatic N) is 4. The number of ether oxygens (including phenoxy) is 10. The number of hydrogen-bond donors (Lipinski definition) is 13. The van der Waals surface area contributed by atoms with Crippen LogP contribution >= 0.6 is 0 Å². The van der Waals surface area contributed by atoms with E-state index in [9.17, 15) is 35.7 Å². The molecule has 538 valence electrons. The number of aromatic nitrogens is 4. The molecule has 99 heavy (non-hydrogen) atoms. The Labute approximate surface area is 574 Å². The van der Waals surface area contributed by atoms with Gasteiger partial charge in [-0.1, -0.05) is 12.1 Å². The van der Waals surface area contributed by atoms with Crippen LogP contribution in [0.5, 0.6) is 11.5 Å². The van der Waals surface area contributed by atoms with Crippen molar-refractivity contribution >= 4 is 65.2 Å². The van der Waals surface area contributed by atoms with E-state index in [2.05, 4.69) is 114 Å². The summed E-state index contributed by atoms with van der Waals surface area (Å²) in [5, 5.41) is 84.3. The van der Waals surface area contributed by atoms with Crippen molar-refractivity contribution in [3.63, 3.8) is 0 Å². The minimum absolute atomic E-state index is 0.170. The largest absolute Gasteiger partial charge is 0.497 e. The highest BCUT2D eigenvalue weighted by atomic mass is 16.8. The van der Waals surface area contributed by atoms with Gasteiger partial charge < -0.3 is 116 Å². The van der Waals surface area contributed by atoms with Gasteiger partial charge in [-0.15, -0.1) is 0 Å². The highest BCUT2D eigenvalue weighted by molar-refractivity contribution is 6.21. The van der Waals surface area contributed by atoms with Gasteiger partial charge in [0.05, 0.1) is 69.0 Å². The summed E-state index contributed by atoms with van der Waals surface area (Å²) < 4.78 is 62.3. The Balaban J connectivity index is 0.000000181. The van der Waals surface area contributed by atoms with Crippen molar-refractivity contribution in [1.29, 1.82) is 0 Å². The maximum Gasteiger partial charge on any atom is 0.197 e. The fourth-order valence-electron chi connectivity index (χ4n) is 15.7. The van der Waals surface area contributed by atoms with Crippen molar-refractivity contribution < 1.29 is 92.2 Å². The molecule has 0 radical (unpaired) electrons. The molecule has 14 rings (SSSR count). The molecule has 4 aromatic heterocycles. The number of aliphatic hydroxyl groups is 7. The molecule has 7 unspecified atom stereocenters. The Bertz CT molecular complexity index is 3870. The highest BCUT2D eigenvalue weighted by Crippen LogP contribution is 2.40. The highest BCUT2D eigenvalue weighted by Gasteiger charge is 2.57. The number of pyridine rings is 2. The van der Waals surface area contributed by atoms with Crippen LogP contribution in [0, 0.1) is 11.8 Å². The second kappa shape index (κ2) is 30.2. The molecule has 6 saturated heterocycles. The molecule has 8 aromatic rings. The van der Waals surface area contributed by atoms with Gasteiger partial charge in [0, 0.05) is 62.3 Å². The first kappa shape index (κ1) is 71.5. The third-order valence-electron chi connectivity index (χ3n) is 21.4. The Kier molecular flexibility index (Phi) is 21.8. The molecule has 17 N–H and O–H groups in total. The number of likely N-dealkylation sites (tertiary alicyclic amines) is 2. The number of fused-ring (bicyclic) bond motifs is 10. The normalized spacial score (nSPS) is 33.2. The van der Waals surface area contributed by atoms with Crippen LogP contribution in [-0.4, -0.2) is 244 Å².